The highest BCUT2D eigenvalue weighted by Gasteiger charge is 2.25. The van der Waals surface area contributed by atoms with Gasteiger partial charge in [0, 0.05) is 19.6 Å². The average Bonchev–Trinajstić information content (AvgIpc) is 3.07. The number of hydrogen-bond donors (Lipinski definition) is 2. The fourth-order valence-corrected chi connectivity index (χ4v) is 3.52. The lowest BCUT2D eigenvalue weighted by Crippen LogP contribution is -2.47. The molecule has 24 heavy (non-hydrogen) atoms. The van der Waals surface area contributed by atoms with Gasteiger partial charge in [0.25, 0.3) is 0 Å². The average molecular weight is 374 g/mol. The molecular formula is C18H29Cl2N3O. The molecular weight excluding hydrogens is 345 g/mol. The molecule has 136 valence electrons. The quantitative estimate of drug-likeness (QED) is 0.832. The normalized spacial score (nSPS) is 21.1. The summed E-state index contributed by atoms with van der Waals surface area (Å²) < 4.78 is 0. The molecule has 4 nitrogen and oxygen atoms in total. The van der Waals surface area contributed by atoms with E-state index < -0.39 is 0 Å². The number of benzene rings is 1. The van der Waals surface area contributed by atoms with E-state index in [-0.39, 0.29) is 36.8 Å². The zero-order valence-electron chi connectivity index (χ0n) is 14.3. The van der Waals surface area contributed by atoms with Crippen LogP contribution >= 0.6 is 24.8 Å². The summed E-state index contributed by atoms with van der Waals surface area (Å²) in [4.78, 5) is 14.6. The summed E-state index contributed by atoms with van der Waals surface area (Å²) in [6.07, 6.45) is 3.38. The second kappa shape index (κ2) is 10.2. The van der Waals surface area contributed by atoms with E-state index >= 15 is 0 Å². The van der Waals surface area contributed by atoms with E-state index in [0.717, 1.165) is 51.5 Å². The van der Waals surface area contributed by atoms with Crippen molar-refractivity contribution in [1.82, 2.24) is 15.5 Å². The Morgan fingerprint density at radius 2 is 2.08 bits per heavy atom. The number of carbonyl (C=O) groups is 1. The molecule has 2 heterocycles. The first-order chi connectivity index (χ1) is 10.7. The minimum absolute atomic E-state index is 0. The third-order valence-corrected chi connectivity index (χ3v) is 5.10. The molecule has 0 bridgehead atoms. The molecule has 0 spiro atoms. The topological polar surface area (TPSA) is 44.4 Å². The van der Waals surface area contributed by atoms with Crippen LogP contribution in [0.4, 0.5) is 0 Å². The van der Waals surface area contributed by atoms with Crippen LogP contribution in [-0.2, 0) is 17.8 Å². The maximum atomic E-state index is 12.4. The van der Waals surface area contributed by atoms with E-state index in [1.807, 2.05) is 6.92 Å². The molecule has 0 saturated carbocycles. The third-order valence-electron chi connectivity index (χ3n) is 5.10. The minimum atomic E-state index is -0.0462. The number of fused-ring (bicyclic) bond motifs is 1. The van der Waals surface area contributed by atoms with Gasteiger partial charge in [-0.25, -0.2) is 0 Å². The third kappa shape index (κ3) is 5.35. The van der Waals surface area contributed by atoms with Crippen molar-refractivity contribution >= 4 is 30.7 Å². The van der Waals surface area contributed by atoms with Gasteiger partial charge in [-0.15, -0.1) is 24.8 Å². The molecule has 1 fully saturated rings. The first-order valence-corrected chi connectivity index (χ1v) is 8.53. The fourth-order valence-electron chi connectivity index (χ4n) is 3.52. The molecule has 1 aromatic rings. The van der Waals surface area contributed by atoms with Crippen LogP contribution in [0.25, 0.3) is 0 Å². The fraction of sp³-hybridized carbons (Fsp3) is 0.611. The second-order valence-corrected chi connectivity index (χ2v) is 6.60. The molecule has 2 aliphatic heterocycles. The second-order valence-electron chi connectivity index (χ2n) is 6.60. The highest BCUT2D eigenvalue weighted by atomic mass is 35.5. The van der Waals surface area contributed by atoms with E-state index in [1.165, 1.54) is 17.5 Å². The Bertz CT molecular complexity index is 521. The number of halogens is 2. The maximum absolute atomic E-state index is 12.4. The Kier molecular flexibility index (Phi) is 9.06. The molecule has 0 radical (unpaired) electrons. The SMILES string of the molecule is CC(C(=O)NCCC1CCNC1)N1CCc2ccccc2C1.Cl.Cl. The van der Waals surface area contributed by atoms with Crippen LogP contribution in [0.5, 0.6) is 0 Å². The summed E-state index contributed by atoms with van der Waals surface area (Å²) in [5.41, 5.74) is 2.80. The van der Waals surface area contributed by atoms with Gasteiger partial charge in [0.2, 0.25) is 5.91 Å². The van der Waals surface area contributed by atoms with Gasteiger partial charge < -0.3 is 10.6 Å². The van der Waals surface area contributed by atoms with Crippen molar-refractivity contribution in [1.29, 1.82) is 0 Å². The molecule has 0 aliphatic carbocycles. The Morgan fingerprint density at radius 1 is 1.33 bits per heavy atom. The van der Waals surface area contributed by atoms with Crippen molar-refractivity contribution < 1.29 is 4.79 Å². The van der Waals surface area contributed by atoms with Crippen molar-refractivity contribution in [2.75, 3.05) is 26.2 Å². The Balaban J connectivity index is 0.00000144. The summed E-state index contributed by atoms with van der Waals surface area (Å²) in [6, 6.07) is 8.52. The predicted molar refractivity (Wildman–Crippen MR) is 103 cm³/mol. The molecule has 6 heteroatoms. The highest BCUT2D eigenvalue weighted by molar-refractivity contribution is 5.85. The summed E-state index contributed by atoms with van der Waals surface area (Å²) in [6.45, 7) is 6.92. The highest BCUT2D eigenvalue weighted by Crippen LogP contribution is 2.20. The minimum Gasteiger partial charge on any atom is -0.355 e. The van der Waals surface area contributed by atoms with E-state index in [4.69, 9.17) is 0 Å². The van der Waals surface area contributed by atoms with Gasteiger partial charge in [-0.3, -0.25) is 9.69 Å². The lowest BCUT2D eigenvalue weighted by Gasteiger charge is -2.33. The van der Waals surface area contributed by atoms with Crippen LogP contribution in [0.2, 0.25) is 0 Å². The first kappa shape index (κ1) is 21.2. The lowest BCUT2D eigenvalue weighted by molar-refractivity contribution is -0.126. The van der Waals surface area contributed by atoms with Gasteiger partial charge in [0.1, 0.15) is 0 Å². The monoisotopic (exact) mass is 373 g/mol. The Labute approximate surface area is 157 Å². The van der Waals surface area contributed by atoms with Crippen LogP contribution in [0, 0.1) is 5.92 Å². The predicted octanol–water partition coefficient (Wildman–Crippen LogP) is 2.39. The molecule has 1 saturated heterocycles. The molecule has 0 aromatic heterocycles. The van der Waals surface area contributed by atoms with E-state index in [2.05, 4.69) is 39.8 Å². The van der Waals surface area contributed by atoms with Gasteiger partial charge >= 0.3 is 0 Å². The summed E-state index contributed by atoms with van der Waals surface area (Å²) in [5, 5.41) is 6.50. The molecule has 1 aromatic carbocycles. The summed E-state index contributed by atoms with van der Waals surface area (Å²) in [7, 11) is 0. The smallest absolute Gasteiger partial charge is 0.237 e. The van der Waals surface area contributed by atoms with Crippen molar-refractivity contribution in [3.8, 4) is 0 Å². The van der Waals surface area contributed by atoms with Crippen molar-refractivity contribution in [2.45, 2.75) is 38.8 Å². The number of rotatable bonds is 5. The largest absolute Gasteiger partial charge is 0.355 e. The molecule has 2 atom stereocenters. The van der Waals surface area contributed by atoms with Crippen LogP contribution < -0.4 is 10.6 Å². The molecule has 2 N–H and O–H groups in total. The zero-order chi connectivity index (χ0) is 15.4. The Hall–Kier alpha value is -0.810. The first-order valence-electron chi connectivity index (χ1n) is 8.53. The van der Waals surface area contributed by atoms with Crippen molar-refractivity contribution in [2.24, 2.45) is 5.92 Å². The number of hydrogen-bond acceptors (Lipinski definition) is 3. The molecule has 1 amide bonds. The summed E-state index contributed by atoms with van der Waals surface area (Å²) >= 11 is 0. The van der Waals surface area contributed by atoms with Crippen LogP contribution in [0.3, 0.4) is 0 Å². The van der Waals surface area contributed by atoms with Crippen LogP contribution in [0.1, 0.15) is 30.9 Å². The number of nitrogens with zero attached hydrogens (tertiary/aromatic N) is 1. The summed E-state index contributed by atoms with van der Waals surface area (Å²) in [5.74, 6) is 0.905. The van der Waals surface area contributed by atoms with Crippen molar-refractivity contribution in [3.63, 3.8) is 0 Å². The number of amides is 1. The Morgan fingerprint density at radius 3 is 2.79 bits per heavy atom. The maximum Gasteiger partial charge on any atom is 0.237 e. The lowest BCUT2D eigenvalue weighted by atomic mass is 9.98. The standard InChI is InChI=1S/C18H27N3O.2ClH/c1-14(18(22)20-10-7-15-6-9-19-12-15)21-11-8-16-4-2-3-5-17(16)13-21;;/h2-5,14-15,19H,6-13H2,1H3,(H,20,22);2*1H. The van der Waals surface area contributed by atoms with Gasteiger partial charge in [-0.2, -0.15) is 0 Å². The van der Waals surface area contributed by atoms with Crippen LogP contribution in [-0.4, -0.2) is 43.0 Å². The molecule has 3 rings (SSSR count). The molecule has 2 unspecified atom stereocenters. The number of nitrogens with one attached hydrogen (secondary N) is 2. The van der Waals surface area contributed by atoms with E-state index in [9.17, 15) is 4.79 Å². The van der Waals surface area contributed by atoms with Gasteiger partial charge in [-0.05, 0) is 56.3 Å². The van der Waals surface area contributed by atoms with Gasteiger partial charge in [-0.1, -0.05) is 24.3 Å². The van der Waals surface area contributed by atoms with Crippen LogP contribution in [0.15, 0.2) is 24.3 Å². The van der Waals surface area contributed by atoms with E-state index in [1.54, 1.807) is 0 Å². The van der Waals surface area contributed by atoms with E-state index in [0.29, 0.717) is 0 Å². The van der Waals surface area contributed by atoms with Gasteiger partial charge in [0.15, 0.2) is 0 Å². The molecule has 2 aliphatic rings. The van der Waals surface area contributed by atoms with Gasteiger partial charge in [0.05, 0.1) is 6.04 Å². The number of carbonyl (C=O) groups excluding carboxylic acids is 1. The zero-order valence-corrected chi connectivity index (χ0v) is 15.9. The van der Waals surface area contributed by atoms with Crippen molar-refractivity contribution in [3.05, 3.63) is 35.4 Å².